The van der Waals surface area contributed by atoms with Crippen LogP contribution in [0.4, 0.5) is 32.0 Å². The van der Waals surface area contributed by atoms with Crippen molar-refractivity contribution >= 4 is 33.7 Å². The summed E-state index contributed by atoms with van der Waals surface area (Å²) in [5, 5.41) is 5.22. The topological polar surface area (TPSA) is 113 Å². The maximum Gasteiger partial charge on any atom is 0.417 e. The number of carbonyl (C=O) groups is 2. The van der Waals surface area contributed by atoms with Crippen molar-refractivity contribution in [3.05, 3.63) is 130 Å². The molecule has 0 aliphatic heterocycles. The average molecular weight is 761 g/mol. The van der Waals surface area contributed by atoms with E-state index in [-0.39, 0.29) is 46.8 Å². The fourth-order valence-corrected chi connectivity index (χ4v) is 5.79. The predicted molar refractivity (Wildman–Crippen MR) is 192 cm³/mol. The van der Waals surface area contributed by atoms with Gasteiger partial charge in [-0.2, -0.15) is 34.8 Å². The molecule has 1 atom stereocenters. The number of rotatable bonds is 11. The molecule has 0 saturated carbocycles. The number of nitrogens with one attached hydrogen (secondary N) is 2. The van der Waals surface area contributed by atoms with Gasteiger partial charge in [-0.05, 0) is 88.5 Å². The number of hydrogen-bond acceptors (Lipinski definition) is 4. The van der Waals surface area contributed by atoms with Gasteiger partial charge in [-0.1, -0.05) is 81.5 Å². The lowest BCUT2D eigenvalue weighted by Crippen LogP contribution is -2.28. The molecule has 0 radical (unpaired) electrons. The minimum Gasteiger partial charge on any atom is -0.351 e. The van der Waals surface area contributed by atoms with E-state index in [4.69, 9.17) is 4.55 Å². The maximum absolute atomic E-state index is 13.9. The van der Waals surface area contributed by atoms with Crippen molar-refractivity contribution in [3.8, 4) is 11.1 Å². The van der Waals surface area contributed by atoms with E-state index >= 15 is 0 Å². The van der Waals surface area contributed by atoms with Gasteiger partial charge in [0.2, 0.25) is 5.91 Å². The molecule has 53 heavy (non-hydrogen) atoms. The van der Waals surface area contributed by atoms with Crippen molar-refractivity contribution < 1.29 is 48.9 Å². The van der Waals surface area contributed by atoms with Gasteiger partial charge in [-0.3, -0.25) is 14.1 Å². The van der Waals surface area contributed by atoms with Crippen molar-refractivity contribution in [2.24, 2.45) is 5.41 Å². The van der Waals surface area contributed by atoms with E-state index in [1.165, 1.54) is 37.3 Å². The van der Waals surface area contributed by atoms with E-state index in [0.29, 0.717) is 17.2 Å². The lowest BCUT2D eigenvalue weighted by Gasteiger charge is -2.20. The number of carbonyl (C=O) groups excluding carboxylic acids is 2. The van der Waals surface area contributed by atoms with Gasteiger partial charge in [0.25, 0.3) is 16.0 Å². The third-order valence-corrected chi connectivity index (χ3v) is 8.89. The summed E-state index contributed by atoms with van der Waals surface area (Å²) >= 11 is 0. The minimum absolute atomic E-state index is 0.0432. The Hall–Kier alpha value is -4.95. The molecule has 1 unspecified atom stereocenters. The summed E-state index contributed by atoms with van der Waals surface area (Å²) < 4.78 is 112. The van der Waals surface area contributed by atoms with E-state index in [1.54, 1.807) is 24.3 Å². The largest absolute Gasteiger partial charge is 0.417 e. The van der Waals surface area contributed by atoms with Gasteiger partial charge in [-0.15, -0.1) is 0 Å². The molecule has 0 aromatic heterocycles. The summed E-state index contributed by atoms with van der Waals surface area (Å²) in [4.78, 5) is 26.4. The normalized spacial score (nSPS) is 13.2. The number of amides is 2. The van der Waals surface area contributed by atoms with E-state index in [2.05, 4.69) is 31.4 Å². The fourth-order valence-electron chi connectivity index (χ4n) is 5.43. The van der Waals surface area contributed by atoms with Gasteiger partial charge in [0.1, 0.15) is 0 Å². The first-order valence-electron chi connectivity index (χ1n) is 16.3. The van der Waals surface area contributed by atoms with Crippen LogP contribution in [0.25, 0.3) is 17.2 Å². The van der Waals surface area contributed by atoms with Crippen LogP contribution >= 0.6 is 0 Å². The number of anilines is 1. The van der Waals surface area contributed by atoms with Gasteiger partial charge in [0, 0.05) is 17.8 Å². The number of aryl methyl sites for hydroxylation is 1. The Balaban J connectivity index is 1.62. The van der Waals surface area contributed by atoms with Gasteiger partial charge in [-0.25, -0.2) is 0 Å². The zero-order valence-electron chi connectivity index (χ0n) is 29.2. The predicted octanol–water partition coefficient (Wildman–Crippen LogP) is 9.34. The molecule has 7 nitrogen and oxygen atoms in total. The first-order valence-corrected chi connectivity index (χ1v) is 17.9. The molecule has 0 aliphatic rings. The molecule has 2 amide bonds. The van der Waals surface area contributed by atoms with Crippen molar-refractivity contribution in [3.63, 3.8) is 0 Å². The molecule has 4 aromatic rings. The molecule has 0 bridgehead atoms. The Kier molecular flexibility index (Phi) is 12.3. The van der Waals surface area contributed by atoms with Gasteiger partial charge in [0.05, 0.1) is 22.8 Å². The number of alkyl halides is 6. The first kappa shape index (κ1) is 40.8. The summed E-state index contributed by atoms with van der Waals surface area (Å²) in [6.07, 6.45) is -5.85. The monoisotopic (exact) mass is 760 g/mol. The number of hydrogen-bond donors (Lipinski definition) is 3. The third-order valence-electron chi connectivity index (χ3n) is 8.17. The van der Waals surface area contributed by atoms with Crippen LogP contribution in [0.1, 0.15) is 70.4 Å². The van der Waals surface area contributed by atoms with Crippen molar-refractivity contribution in [2.45, 2.75) is 52.4 Å². The Morgan fingerprint density at radius 3 is 1.98 bits per heavy atom. The molecule has 4 rings (SSSR count). The molecule has 0 aliphatic carbocycles. The highest BCUT2D eigenvalue weighted by molar-refractivity contribution is 7.85. The third kappa shape index (κ3) is 11.8. The molecule has 4 aromatic carbocycles. The highest BCUT2D eigenvalue weighted by atomic mass is 32.2. The van der Waals surface area contributed by atoms with Crippen LogP contribution in [0.2, 0.25) is 0 Å². The van der Waals surface area contributed by atoms with Crippen LogP contribution in [0.5, 0.6) is 0 Å². The van der Waals surface area contributed by atoms with Crippen LogP contribution < -0.4 is 10.6 Å². The fraction of sp³-hybridized carbons (Fsp3) is 0.282. The SMILES string of the molecule is Cc1cc(NC(=O)C(Cc2ccc(C(=O)NCCS(=O)(=O)O)cc2)c2ccc(/C=C/C(C)(C)C)cc2)ccc1-c1ccc(C(F)(F)F)cc1C(F)(F)F. The van der Waals surface area contributed by atoms with Gasteiger partial charge in [0.15, 0.2) is 0 Å². The quantitative estimate of drug-likeness (QED) is 0.104. The van der Waals surface area contributed by atoms with Crippen molar-refractivity contribution in [1.82, 2.24) is 5.32 Å². The lowest BCUT2D eigenvalue weighted by atomic mass is 9.89. The smallest absolute Gasteiger partial charge is 0.351 e. The molecular formula is C39H38F6N2O5S. The standard InChI is InChI=1S/C39H38F6N2O5S/c1-24-21-30(14-16-31(24)32-15-13-29(38(40,41)42)23-34(32)39(43,44)45)47-36(49)33(27-9-5-25(6-10-27)17-18-37(2,3)4)22-26-7-11-28(12-8-26)35(48)46-19-20-53(50,51)52/h5-18,21,23,33H,19-20,22H2,1-4H3,(H,46,48)(H,47,49)(H,50,51,52)/b18-17+. The molecule has 0 saturated heterocycles. The molecule has 0 fully saturated rings. The zero-order valence-corrected chi connectivity index (χ0v) is 30.0. The molecule has 0 heterocycles. The Morgan fingerprint density at radius 1 is 0.811 bits per heavy atom. The summed E-state index contributed by atoms with van der Waals surface area (Å²) in [6.45, 7) is 7.36. The number of benzene rings is 4. The van der Waals surface area contributed by atoms with Crippen molar-refractivity contribution in [2.75, 3.05) is 17.6 Å². The number of allylic oxidation sites excluding steroid dienone is 1. The lowest BCUT2D eigenvalue weighted by molar-refractivity contribution is -0.142. The Morgan fingerprint density at radius 2 is 1.43 bits per heavy atom. The Bertz CT molecular complexity index is 2090. The van der Waals surface area contributed by atoms with Crippen LogP contribution in [0.3, 0.4) is 0 Å². The summed E-state index contributed by atoms with van der Waals surface area (Å²) in [5.74, 6) is -2.44. The molecule has 282 valence electrons. The summed E-state index contributed by atoms with van der Waals surface area (Å²) in [5.41, 5.74) is -0.333. The minimum atomic E-state index is -5.06. The second-order valence-electron chi connectivity index (χ2n) is 13.6. The maximum atomic E-state index is 13.9. The molecule has 3 N–H and O–H groups in total. The van der Waals surface area contributed by atoms with E-state index in [1.807, 2.05) is 24.3 Å². The molecule has 0 spiro atoms. The van der Waals surface area contributed by atoms with Crippen LogP contribution in [0.15, 0.2) is 91.0 Å². The zero-order chi connectivity index (χ0) is 39.4. The summed E-state index contributed by atoms with van der Waals surface area (Å²) in [6, 6.07) is 19.2. The average Bonchev–Trinajstić information content (AvgIpc) is 3.05. The van der Waals surface area contributed by atoms with Crippen LogP contribution in [0, 0.1) is 12.3 Å². The second-order valence-corrected chi connectivity index (χ2v) is 15.2. The summed E-state index contributed by atoms with van der Waals surface area (Å²) in [7, 11) is -4.25. The Labute approximate surface area is 303 Å². The van der Waals surface area contributed by atoms with E-state index in [0.717, 1.165) is 11.6 Å². The van der Waals surface area contributed by atoms with E-state index < -0.39 is 62.6 Å². The number of halogens is 6. The molecular weight excluding hydrogens is 722 g/mol. The second kappa shape index (κ2) is 16.0. The highest BCUT2D eigenvalue weighted by Gasteiger charge is 2.38. The van der Waals surface area contributed by atoms with Crippen molar-refractivity contribution in [1.29, 1.82) is 0 Å². The highest BCUT2D eigenvalue weighted by Crippen LogP contribution is 2.42. The van der Waals surface area contributed by atoms with Crippen LogP contribution in [-0.4, -0.2) is 37.1 Å². The van der Waals surface area contributed by atoms with E-state index in [9.17, 15) is 44.3 Å². The van der Waals surface area contributed by atoms with Gasteiger partial charge >= 0.3 is 12.4 Å². The molecule has 14 heteroatoms. The van der Waals surface area contributed by atoms with Gasteiger partial charge < -0.3 is 10.6 Å². The van der Waals surface area contributed by atoms with Crippen LogP contribution in [-0.2, 0) is 33.7 Å². The first-order chi connectivity index (χ1) is 24.5.